The topological polar surface area (TPSA) is 37.2 Å². The Morgan fingerprint density at radius 2 is 2.46 bits per heavy atom. The first kappa shape index (κ1) is 10.1. The minimum Gasteiger partial charge on any atom is -0.472 e. The van der Waals surface area contributed by atoms with Crippen LogP contribution in [0.15, 0.2) is 23.0 Å². The molecule has 1 aromatic rings. The maximum Gasteiger partial charge on any atom is 0.166 e. The van der Waals surface area contributed by atoms with Crippen LogP contribution in [0.2, 0.25) is 0 Å². The van der Waals surface area contributed by atoms with Crippen LogP contribution >= 0.6 is 12.2 Å². The molecule has 0 aliphatic rings. The van der Waals surface area contributed by atoms with Crippen molar-refractivity contribution in [3.63, 3.8) is 0 Å². The Bertz CT molecular complexity index is 259. The predicted molar refractivity (Wildman–Crippen MR) is 56.5 cm³/mol. The van der Waals surface area contributed by atoms with E-state index in [0.29, 0.717) is 5.11 Å². The lowest BCUT2D eigenvalue weighted by Crippen LogP contribution is -2.36. The van der Waals surface area contributed by atoms with E-state index in [-0.39, 0.29) is 6.04 Å². The normalized spacial score (nSPS) is 12.2. The van der Waals surface area contributed by atoms with Crippen molar-refractivity contribution in [3.8, 4) is 0 Å². The molecule has 72 valence electrons. The van der Waals surface area contributed by atoms with E-state index in [0.717, 1.165) is 12.1 Å². The monoisotopic (exact) mass is 198 g/mol. The van der Waals surface area contributed by atoms with Gasteiger partial charge in [-0.3, -0.25) is 0 Å². The van der Waals surface area contributed by atoms with Gasteiger partial charge in [-0.1, -0.05) is 0 Å². The molecule has 0 saturated carbocycles. The van der Waals surface area contributed by atoms with Crippen molar-refractivity contribution in [1.82, 2.24) is 10.6 Å². The SMILES string of the molecule is CCNC(=S)NC(C)c1ccoc1. The highest BCUT2D eigenvalue weighted by molar-refractivity contribution is 7.80. The van der Waals surface area contributed by atoms with Crippen LogP contribution in [0.3, 0.4) is 0 Å². The van der Waals surface area contributed by atoms with Crippen LogP contribution in [-0.4, -0.2) is 11.7 Å². The van der Waals surface area contributed by atoms with Gasteiger partial charge in [-0.2, -0.15) is 0 Å². The molecule has 1 rings (SSSR count). The van der Waals surface area contributed by atoms with E-state index >= 15 is 0 Å². The molecule has 0 bridgehead atoms. The van der Waals surface area contributed by atoms with Gasteiger partial charge in [-0.15, -0.1) is 0 Å². The Balaban J connectivity index is 2.42. The maximum atomic E-state index is 5.05. The number of hydrogen-bond acceptors (Lipinski definition) is 2. The lowest BCUT2D eigenvalue weighted by Gasteiger charge is -2.14. The summed E-state index contributed by atoms with van der Waals surface area (Å²) in [5.41, 5.74) is 1.10. The smallest absolute Gasteiger partial charge is 0.166 e. The number of nitrogens with one attached hydrogen (secondary N) is 2. The summed E-state index contributed by atoms with van der Waals surface area (Å²) in [4.78, 5) is 0. The van der Waals surface area contributed by atoms with Crippen LogP contribution in [0.1, 0.15) is 25.5 Å². The quantitative estimate of drug-likeness (QED) is 0.727. The third-order valence-electron chi connectivity index (χ3n) is 1.73. The van der Waals surface area contributed by atoms with E-state index in [4.69, 9.17) is 16.6 Å². The molecule has 0 amide bonds. The number of furan rings is 1. The van der Waals surface area contributed by atoms with Crippen LogP contribution in [0.4, 0.5) is 0 Å². The molecule has 1 atom stereocenters. The van der Waals surface area contributed by atoms with Gasteiger partial charge < -0.3 is 15.1 Å². The van der Waals surface area contributed by atoms with Crippen LogP contribution in [-0.2, 0) is 0 Å². The Hall–Kier alpha value is -1.03. The summed E-state index contributed by atoms with van der Waals surface area (Å²) in [5.74, 6) is 0. The Labute approximate surface area is 83.5 Å². The molecule has 0 aromatic carbocycles. The molecule has 13 heavy (non-hydrogen) atoms. The van der Waals surface area contributed by atoms with E-state index in [2.05, 4.69) is 10.6 Å². The summed E-state index contributed by atoms with van der Waals surface area (Å²) in [5, 5.41) is 6.85. The molecule has 0 fully saturated rings. The van der Waals surface area contributed by atoms with Gasteiger partial charge in [0.2, 0.25) is 0 Å². The van der Waals surface area contributed by atoms with E-state index in [1.165, 1.54) is 0 Å². The number of hydrogen-bond donors (Lipinski definition) is 2. The van der Waals surface area contributed by atoms with Crippen molar-refractivity contribution >= 4 is 17.3 Å². The molecule has 1 heterocycles. The summed E-state index contributed by atoms with van der Waals surface area (Å²) >= 11 is 5.05. The van der Waals surface area contributed by atoms with Crippen molar-refractivity contribution in [3.05, 3.63) is 24.2 Å². The Morgan fingerprint density at radius 3 is 3.00 bits per heavy atom. The summed E-state index contributed by atoms with van der Waals surface area (Å²) < 4.78 is 4.97. The highest BCUT2D eigenvalue weighted by Crippen LogP contribution is 2.11. The first-order valence-electron chi connectivity index (χ1n) is 4.30. The molecule has 0 aliphatic carbocycles. The third kappa shape index (κ3) is 3.06. The van der Waals surface area contributed by atoms with Gasteiger partial charge in [0.15, 0.2) is 5.11 Å². The summed E-state index contributed by atoms with van der Waals surface area (Å²) in [6, 6.07) is 2.11. The van der Waals surface area contributed by atoms with E-state index < -0.39 is 0 Å². The second kappa shape index (κ2) is 4.87. The van der Waals surface area contributed by atoms with E-state index in [9.17, 15) is 0 Å². The zero-order valence-corrected chi connectivity index (χ0v) is 8.65. The fourth-order valence-electron chi connectivity index (χ4n) is 1.01. The number of thiocarbonyl (C=S) groups is 1. The Morgan fingerprint density at radius 1 is 1.69 bits per heavy atom. The first-order chi connectivity index (χ1) is 6.24. The van der Waals surface area contributed by atoms with Gasteiger partial charge in [0.1, 0.15) is 0 Å². The van der Waals surface area contributed by atoms with Gasteiger partial charge in [-0.05, 0) is 32.1 Å². The molecular weight excluding hydrogens is 184 g/mol. The van der Waals surface area contributed by atoms with Gasteiger partial charge >= 0.3 is 0 Å². The average Bonchev–Trinajstić information content (AvgIpc) is 2.55. The summed E-state index contributed by atoms with van der Waals surface area (Å²) in [7, 11) is 0. The van der Waals surface area contributed by atoms with Crippen molar-refractivity contribution in [2.45, 2.75) is 19.9 Å². The second-order valence-electron chi connectivity index (χ2n) is 2.78. The molecular formula is C9H14N2OS. The lowest BCUT2D eigenvalue weighted by atomic mass is 10.2. The minimum absolute atomic E-state index is 0.185. The van der Waals surface area contributed by atoms with Crippen molar-refractivity contribution in [2.75, 3.05) is 6.54 Å². The molecule has 1 aromatic heterocycles. The predicted octanol–water partition coefficient (Wildman–Crippen LogP) is 1.82. The minimum atomic E-state index is 0.185. The van der Waals surface area contributed by atoms with Gasteiger partial charge in [-0.25, -0.2) is 0 Å². The van der Waals surface area contributed by atoms with Gasteiger partial charge in [0.05, 0.1) is 18.6 Å². The number of rotatable bonds is 3. The fraction of sp³-hybridized carbons (Fsp3) is 0.444. The highest BCUT2D eigenvalue weighted by Gasteiger charge is 2.06. The van der Waals surface area contributed by atoms with Gasteiger partial charge in [0, 0.05) is 12.1 Å². The maximum absolute atomic E-state index is 5.05. The largest absolute Gasteiger partial charge is 0.472 e. The fourth-order valence-corrected chi connectivity index (χ4v) is 1.33. The molecule has 0 saturated heterocycles. The second-order valence-corrected chi connectivity index (χ2v) is 3.19. The molecule has 1 unspecified atom stereocenters. The first-order valence-corrected chi connectivity index (χ1v) is 4.71. The molecule has 4 heteroatoms. The lowest BCUT2D eigenvalue weighted by molar-refractivity contribution is 0.557. The molecule has 0 radical (unpaired) electrons. The van der Waals surface area contributed by atoms with Crippen molar-refractivity contribution in [2.24, 2.45) is 0 Å². The zero-order valence-electron chi connectivity index (χ0n) is 7.83. The molecule has 2 N–H and O–H groups in total. The van der Waals surface area contributed by atoms with E-state index in [1.54, 1.807) is 12.5 Å². The van der Waals surface area contributed by atoms with Crippen LogP contribution in [0.25, 0.3) is 0 Å². The van der Waals surface area contributed by atoms with Crippen LogP contribution in [0.5, 0.6) is 0 Å². The van der Waals surface area contributed by atoms with Crippen LogP contribution in [0, 0.1) is 0 Å². The standard InChI is InChI=1S/C9H14N2OS/c1-3-10-9(13)11-7(2)8-4-5-12-6-8/h4-7H,3H2,1-2H3,(H2,10,11,13). The Kier molecular flexibility index (Phi) is 3.76. The average molecular weight is 198 g/mol. The summed E-state index contributed by atoms with van der Waals surface area (Å²) in [6.07, 6.45) is 3.37. The van der Waals surface area contributed by atoms with Crippen molar-refractivity contribution < 1.29 is 4.42 Å². The molecule has 0 spiro atoms. The van der Waals surface area contributed by atoms with Gasteiger partial charge in [0.25, 0.3) is 0 Å². The third-order valence-corrected chi connectivity index (χ3v) is 1.99. The molecule has 0 aliphatic heterocycles. The summed E-state index contributed by atoms with van der Waals surface area (Å²) in [6.45, 7) is 4.88. The van der Waals surface area contributed by atoms with Crippen molar-refractivity contribution in [1.29, 1.82) is 0 Å². The van der Waals surface area contributed by atoms with E-state index in [1.807, 2.05) is 19.9 Å². The van der Waals surface area contributed by atoms with Crippen LogP contribution < -0.4 is 10.6 Å². The highest BCUT2D eigenvalue weighted by atomic mass is 32.1. The zero-order chi connectivity index (χ0) is 9.68. The molecule has 3 nitrogen and oxygen atoms in total.